The molecule has 0 aliphatic carbocycles. The summed E-state index contributed by atoms with van der Waals surface area (Å²) in [5.74, 6) is -0.599. The fraction of sp³-hybridized carbons (Fsp3) is 0.438. The number of likely N-dealkylation sites (N-methyl/N-ethyl adjacent to an activating group) is 2. The highest BCUT2D eigenvalue weighted by molar-refractivity contribution is 6.36. The van der Waals surface area contributed by atoms with Crippen molar-refractivity contribution in [3.8, 4) is 6.01 Å². The molecule has 2 aromatic carbocycles. The van der Waals surface area contributed by atoms with Gasteiger partial charge >= 0.3 is 12.0 Å². The molecule has 1 aromatic heterocycles. The Labute approximate surface area is 256 Å². The molecule has 3 aromatic rings. The summed E-state index contributed by atoms with van der Waals surface area (Å²) in [5, 5.41) is 11.8. The molecule has 6 rings (SSSR count). The van der Waals surface area contributed by atoms with E-state index in [1.54, 1.807) is 4.90 Å². The number of aromatic nitrogens is 2. The van der Waals surface area contributed by atoms with E-state index in [1.165, 1.54) is 0 Å². The first-order chi connectivity index (χ1) is 20.8. The highest BCUT2D eigenvalue weighted by Crippen LogP contribution is 2.37. The Kier molecular flexibility index (Phi) is 8.41. The first-order valence-electron chi connectivity index (χ1n) is 14.9. The van der Waals surface area contributed by atoms with E-state index in [0.29, 0.717) is 38.3 Å². The van der Waals surface area contributed by atoms with Gasteiger partial charge in [0.25, 0.3) is 0 Å². The normalized spacial score (nSPS) is 20.6. The lowest BCUT2D eigenvalue weighted by atomic mass is 10.0. The van der Waals surface area contributed by atoms with Gasteiger partial charge in [-0.25, -0.2) is 4.79 Å². The Morgan fingerprint density at radius 3 is 2.70 bits per heavy atom. The lowest BCUT2D eigenvalue weighted by Gasteiger charge is -2.35. The fourth-order valence-electron chi connectivity index (χ4n) is 6.53. The van der Waals surface area contributed by atoms with E-state index in [2.05, 4.69) is 46.0 Å². The first-order valence-corrected chi connectivity index (χ1v) is 15.2. The van der Waals surface area contributed by atoms with Crippen molar-refractivity contribution in [3.63, 3.8) is 0 Å². The van der Waals surface area contributed by atoms with E-state index in [-0.39, 0.29) is 11.9 Å². The minimum Gasteiger partial charge on any atom is -0.478 e. The highest BCUT2D eigenvalue weighted by atomic mass is 35.5. The molecular weight excluding hydrogens is 568 g/mol. The van der Waals surface area contributed by atoms with Crippen LogP contribution >= 0.6 is 11.6 Å². The van der Waals surface area contributed by atoms with Gasteiger partial charge in [0.2, 0.25) is 5.91 Å². The zero-order valence-electron chi connectivity index (χ0n) is 24.6. The molecule has 2 atom stereocenters. The van der Waals surface area contributed by atoms with E-state index in [4.69, 9.17) is 31.4 Å². The van der Waals surface area contributed by atoms with E-state index in [9.17, 15) is 9.59 Å². The molecular formula is C32H37ClN6O4. The first kappa shape index (κ1) is 29.2. The van der Waals surface area contributed by atoms with Crippen molar-refractivity contribution in [1.29, 1.82) is 0 Å². The van der Waals surface area contributed by atoms with E-state index in [1.807, 2.05) is 19.2 Å². The van der Waals surface area contributed by atoms with Crippen LogP contribution in [0.25, 0.3) is 10.8 Å². The number of nitrogens with zero attached hydrogens (tertiary/aromatic N) is 6. The molecule has 0 radical (unpaired) electrons. The number of benzene rings is 2. The number of halogens is 1. The minimum atomic E-state index is -1.13. The monoisotopic (exact) mass is 604 g/mol. The van der Waals surface area contributed by atoms with Gasteiger partial charge in [-0.3, -0.25) is 4.79 Å². The smallest absolute Gasteiger partial charge is 0.328 e. The fourth-order valence-corrected chi connectivity index (χ4v) is 6.81. The molecule has 1 unspecified atom stereocenters. The zero-order valence-corrected chi connectivity index (χ0v) is 25.3. The third-order valence-electron chi connectivity index (χ3n) is 9.00. The van der Waals surface area contributed by atoms with E-state index >= 15 is 0 Å². The van der Waals surface area contributed by atoms with Crippen LogP contribution in [0.2, 0.25) is 5.02 Å². The van der Waals surface area contributed by atoms with Crippen LogP contribution in [0.5, 0.6) is 6.01 Å². The highest BCUT2D eigenvalue weighted by Gasteiger charge is 2.33. The summed E-state index contributed by atoms with van der Waals surface area (Å²) in [5.41, 5.74) is 3.10. The summed E-state index contributed by atoms with van der Waals surface area (Å²) >= 11 is 6.69. The maximum atomic E-state index is 12.6. The van der Waals surface area contributed by atoms with Crippen LogP contribution in [-0.2, 0) is 22.6 Å². The summed E-state index contributed by atoms with van der Waals surface area (Å²) in [4.78, 5) is 41.8. The van der Waals surface area contributed by atoms with Crippen LogP contribution in [0.3, 0.4) is 0 Å². The quantitative estimate of drug-likeness (QED) is 0.382. The van der Waals surface area contributed by atoms with Crippen LogP contribution in [0.1, 0.15) is 30.5 Å². The molecule has 226 valence electrons. The number of hydrogen-bond donors (Lipinski definition) is 1. The van der Waals surface area contributed by atoms with Crippen molar-refractivity contribution in [1.82, 2.24) is 19.8 Å². The number of likely N-dealkylation sites (tertiary alicyclic amines) is 2. The molecule has 43 heavy (non-hydrogen) atoms. The molecule has 2 saturated heterocycles. The number of carboxylic acid groups (broad SMARTS) is 1. The summed E-state index contributed by atoms with van der Waals surface area (Å²) in [6.45, 7) is 4.01. The Bertz CT molecular complexity index is 1560. The second-order valence-electron chi connectivity index (χ2n) is 11.6. The van der Waals surface area contributed by atoms with Gasteiger partial charge in [0.15, 0.2) is 0 Å². The van der Waals surface area contributed by atoms with Crippen LogP contribution in [0, 0.1) is 0 Å². The van der Waals surface area contributed by atoms with Gasteiger partial charge in [0.05, 0.1) is 17.3 Å². The third kappa shape index (κ3) is 6.12. The predicted octanol–water partition coefficient (Wildman–Crippen LogP) is 4.00. The largest absolute Gasteiger partial charge is 0.478 e. The van der Waals surface area contributed by atoms with Gasteiger partial charge in [0, 0.05) is 67.6 Å². The molecule has 4 heterocycles. The van der Waals surface area contributed by atoms with Gasteiger partial charge in [-0.05, 0) is 56.8 Å². The zero-order chi connectivity index (χ0) is 30.1. The molecule has 11 heteroatoms. The molecule has 3 aliphatic heterocycles. The molecule has 0 bridgehead atoms. The maximum absolute atomic E-state index is 12.6. The average Bonchev–Trinajstić information content (AvgIpc) is 3.67. The van der Waals surface area contributed by atoms with E-state index in [0.717, 1.165) is 89.5 Å². The van der Waals surface area contributed by atoms with Crippen molar-refractivity contribution in [2.24, 2.45) is 0 Å². The second kappa shape index (κ2) is 12.4. The van der Waals surface area contributed by atoms with Crippen molar-refractivity contribution in [2.75, 3.05) is 56.7 Å². The Hall–Kier alpha value is -3.89. The number of carboxylic acids is 1. The predicted molar refractivity (Wildman–Crippen MR) is 167 cm³/mol. The molecule has 10 nitrogen and oxygen atoms in total. The summed E-state index contributed by atoms with van der Waals surface area (Å²) in [7, 11) is 4.14. The van der Waals surface area contributed by atoms with Gasteiger partial charge in [-0.1, -0.05) is 35.9 Å². The Morgan fingerprint density at radius 1 is 1.12 bits per heavy atom. The summed E-state index contributed by atoms with van der Waals surface area (Å²) < 4.78 is 6.26. The van der Waals surface area contributed by atoms with Crippen molar-refractivity contribution in [2.45, 2.75) is 44.3 Å². The Balaban J connectivity index is 1.29. The topological polar surface area (TPSA) is 102 Å². The number of ether oxygens (including phenoxy) is 1. The lowest BCUT2D eigenvalue weighted by Crippen LogP contribution is -2.39. The maximum Gasteiger partial charge on any atom is 0.328 e. The van der Waals surface area contributed by atoms with Gasteiger partial charge in [-0.2, -0.15) is 9.97 Å². The number of carbonyl (C=O) groups excluding carboxylic acids is 1. The minimum absolute atomic E-state index is 0.0323. The van der Waals surface area contributed by atoms with Gasteiger partial charge in [0.1, 0.15) is 12.4 Å². The van der Waals surface area contributed by atoms with Crippen LogP contribution in [0.15, 0.2) is 48.6 Å². The standard InChI is InChI=1S/C32H37ClN6O4/c1-36-15-5-8-23(36)20-43-32-34-26-19-38(27-10-4-7-21-6-3-9-25(33)30(21)27)17-14-24(26)31(35-32)37(2)22-13-16-39(18-22)28(40)11-12-29(41)42/h3-4,6-7,9-12,22-23H,5,8,13-20H2,1-2H3,(H,41,42)/b12-11+/t22?,23-/m0/s1. The molecule has 0 spiro atoms. The van der Waals surface area contributed by atoms with E-state index < -0.39 is 5.97 Å². The van der Waals surface area contributed by atoms with Crippen LogP contribution in [0.4, 0.5) is 11.5 Å². The molecule has 1 amide bonds. The summed E-state index contributed by atoms with van der Waals surface area (Å²) in [6.07, 6.45) is 5.76. The second-order valence-corrected chi connectivity index (χ2v) is 12.0. The molecule has 3 aliphatic rings. The number of amides is 1. The Morgan fingerprint density at radius 2 is 1.93 bits per heavy atom. The van der Waals surface area contributed by atoms with Crippen LogP contribution < -0.4 is 14.5 Å². The molecule has 0 saturated carbocycles. The average molecular weight is 605 g/mol. The van der Waals surface area contributed by atoms with Crippen molar-refractivity contribution < 1.29 is 19.4 Å². The van der Waals surface area contributed by atoms with Crippen molar-refractivity contribution >= 4 is 45.8 Å². The molecule has 2 fully saturated rings. The van der Waals surface area contributed by atoms with Gasteiger partial charge in [-0.15, -0.1) is 0 Å². The number of rotatable bonds is 8. The number of fused-ring (bicyclic) bond motifs is 2. The number of anilines is 2. The lowest BCUT2D eigenvalue weighted by molar-refractivity contribution is -0.132. The SMILES string of the molecule is CN(c1nc(OC[C@@H]2CCCN2C)nc2c1CCN(c1cccc3cccc(Cl)c13)C2)C1CCN(C(=O)/C=C/C(=O)O)C1. The van der Waals surface area contributed by atoms with Crippen molar-refractivity contribution in [3.05, 3.63) is 64.8 Å². The van der Waals surface area contributed by atoms with Gasteiger partial charge < -0.3 is 29.4 Å². The summed E-state index contributed by atoms with van der Waals surface area (Å²) in [6, 6.07) is 13.0. The number of aliphatic carboxylic acids is 1. The van der Waals surface area contributed by atoms with Crippen LogP contribution in [-0.4, -0.2) is 95.7 Å². The third-order valence-corrected chi connectivity index (χ3v) is 9.31. The molecule has 1 N–H and O–H groups in total. The number of carbonyl (C=O) groups is 2. The number of hydrogen-bond acceptors (Lipinski definition) is 8.